The molecule has 2 aromatic carbocycles. The lowest BCUT2D eigenvalue weighted by Crippen LogP contribution is -2.58. The largest absolute Gasteiger partial charge is 0.496 e. The third-order valence-corrected chi connectivity index (χ3v) is 6.88. The van der Waals surface area contributed by atoms with Crippen molar-refractivity contribution in [2.75, 3.05) is 14.2 Å². The van der Waals surface area contributed by atoms with Gasteiger partial charge in [0.2, 0.25) is 5.91 Å². The van der Waals surface area contributed by atoms with Gasteiger partial charge in [-0.05, 0) is 80.6 Å². The van der Waals surface area contributed by atoms with E-state index in [9.17, 15) is 4.79 Å². The smallest absolute Gasteiger partial charge is 0.231 e. The number of carbonyl (C=O) groups is 1. The summed E-state index contributed by atoms with van der Waals surface area (Å²) in [4.78, 5) is 13.8. The molecule has 0 aliphatic carbocycles. The van der Waals surface area contributed by atoms with Crippen LogP contribution < -0.4 is 10.1 Å². The average molecular weight is 458 g/mol. The minimum Gasteiger partial charge on any atom is -0.496 e. The van der Waals surface area contributed by atoms with E-state index >= 15 is 0 Å². The monoisotopic (exact) mass is 457 g/mol. The second-order valence-corrected chi connectivity index (χ2v) is 8.92. The fraction of sp³-hybridized carbons (Fsp3) is 0.238. The van der Waals surface area contributed by atoms with E-state index in [4.69, 9.17) is 10.1 Å². The number of halogens is 1. The molecule has 1 saturated heterocycles. The number of nitrogens with one attached hydrogen (secondary N) is 2. The molecule has 0 radical (unpaired) electrons. The summed E-state index contributed by atoms with van der Waals surface area (Å²) >= 11 is 5.20. The molecule has 1 fully saturated rings. The molecule has 4 rings (SSSR count). The number of thiophene rings is 1. The second kappa shape index (κ2) is 6.90. The van der Waals surface area contributed by atoms with Crippen LogP contribution in [0.15, 0.2) is 46.3 Å². The van der Waals surface area contributed by atoms with Crippen LogP contribution in [0.5, 0.6) is 5.75 Å². The van der Waals surface area contributed by atoms with E-state index in [1.165, 1.54) is 9.60 Å². The SMILES string of the molecule is COc1cc(-c2cc([C@]3(C)CC(=O)N(C)C(=N)N3)cc3ccsc23)ccc1Br. The normalized spacial score (nSPS) is 19.8. The van der Waals surface area contributed by atoms with Crippen LogP contribution in [0.1, 0.15) is 18.9 Å². The van der Waals surface area contributed by atoms with Crippen molar-refractivity contribution < 1.29 is 9.53 Å². The molecule has 1 aromatic heterocycles. The van der Waals surface area contributed by atoms with Crippen molar-refractivity contribution in [2.24, 2.45) is 0 Å². The molecule has 2 N–H and O–H groups in total. The fourth-order valence-electron chi connectivity index (χ4n) is 3.55. The second-order valence-electron chi connectivity index (χ2n) is 7.15. The maximum atomic E-state index is 12.4. The van der Waals surface area contributed by atoms with Crippen LogP contribution in [0.25, 0.3) is 21.2 Å². The molecule has 0 bridgehead atoms. The molecule has 1 aliphatic rings. The zero-order valence-corrected chi connectivity index (χ0v) is 18.2. The van der Waals surface area contributed by atoms with Crippen molar-refractivity contribution in [3.8, 4) is 16.9 Å². The number of guanidine groups is 1. The zero-order valence-electron chi connectivity index (χ0n) is 15.8. The molecule has 2 heterocycles. The number of nitrogens with zero attached hydrogens (tertiary/aromatic N) is 1. The number of hydrogen-bond acceptors (Lipinski definition) is 4. The van der Waals surface area contributed by atoms with E-state index < -0.39 is 5.54 Å². The van der Waals surface area contributed by atoms with Crippen molar-refractivity contribution in [3.05, 3.63) is 51.8 Å². The molecular weight excluding hydrogens is 438 g/mol. The van der Waals surface area contributed by atoms with Crippen LogP contribution in [-0.4, -0.2) is 30.9 Å². The first kappa shape index (κ1) is 19.0. The number of amides is 1. The average Bonchev–Trinajstić information content (AvgIpc) is 3.14. The Morgan fingerprint density at radius 1 is 1.29 bits per heavy atom. The number of carbonyl (C=O) groups excluding carboxylic acids is 1. The summed E-state index contributed by atoms with van der Waals surface area (Å²) in [6, 6.07) is 12.4. The molecule has 5 nitrogen and oxygen atoms in total. The summed E-state index contributed by atoms with van der Waals surface area (Å²) in [5.74, 6) is 0.827. The quantitative estimate of drug-likeness (QED) is 0.585. The molecule has 144 valence electrons. The van der Waals surface area contributed by atoms with Gasteiger partial charge in [0, 0.05) is 11.7 Å². The minimum atomic E-state index is -0.634. The van der Waals surface area contributed by atoms with Gasteiger partial charge in [-0.25, -0.2) is 0 Å². The van der Waals surface area contributed by atoms with Crippen LogP contribution in [0.2, 0.25) is 0 Å². The minimum absolute atomic E-state index is 0.0662. The van der Waals surface area contributed by atoms with E-state index in [0.29, 0.717) is 6.42 Å². The molecule has 3 aromatic rings. The molecule has 1 aliphatic heterocycles. The summed E-state index contributed by atoms with van der Waals surface area (Å²) < 4.78 is 7.56. The topological polar surface area (TPSA) is 65.4 Å². The number of ether oxygens (including phenoxy) is 1. The van der Waals surface area contributed by atoms with Crippen molar-refractivity contribution >= 4 is 49.2 Å². The molecule has 0 unspecified atom stereocenters. The molecule has 0 spiro atoms. The van der Waals surface area contributed by atoms with Gasteiger partial charge >= 0.3 is 0 Å². The Kier molecular flexibility index (Phi) is 4.67. The van der Waals surface area contributed by atoms with Gasteiger partial charge in [-0.3, -0.25) is 15.1 Å². The van der Waals surface area contributed by atoms with Crippen LogP contribution >= 0.6 is 27.3 Å². The molecule has 0 saturated carbocycles. The number of rotatable bonds is 3. The third kappa shape index (κ3) is 3.08. The summed E-state index contributed by atoms with van der Waals surface area (Å²) in [5, 5.41) is 14.5. The van der Waals surface area contributed by atoms with Crippen molar-refractivity contribution in [2.45, 2.75) is 18.9 Å². The van der Waals surface area contributed by atoms with Gasteiger partial charge in [-0.15, -0.1) is 11.3 Å². The van der Waals surface area contributed by atoms with E-state index in [2.05, 4.69) is 50.9 Å². The highest BCUT2D eigenvalue weighted by molar-refractivity contribution is 9.10. The van der Waals surface area contributed by atoms with Gasteiger partial charge in [-0.1, -0.05) is 6.07 Å². The van der Waals surface area contributed by atoms with Crippen molar-refractivity contribution in [1.29, 1.82) is 5.41 Å². The predicted molar refractivity (Wildman–Crippen MR) is 117 cm³/mol. The summed E-state index contributed by atoms with van der Waals surface area (Å²) in [5.41, 5.74) is 2.49. The predicted octanol–water partition coefficient (Wildman–Crippen LogP) is 4.94. The van der Waals surface area contributed by atoms with Crippen molar-refractivity contribution in [1.82, 2.24) is 10.2 Å². The number of methoxy groups -OCH3 is 1. The Bertz CT molecular complexity index is 1090. The number of benzene rings is 2. The highest BCUT2D eigenvalue weighted by atomic mass is 79.9. The van der Waals surface area contributed by atoms with Crippen LogP contribution in [0.3, 0.4) is 0 Å². The van der Waals surface area contributed by atoms with Gasteiger partial charge in [0.1, 0.15) is 5.75 Å². The maximum Gasteiger partial charge on any atom is 0.231 e. The highest BCUT2D eigenvalue weighted by Gasteiger charge is 2.38. The third-order valence-electron chi connectivity index (χ3n) is 5.26. The molecule has 7 heteroatoms. The Labute approximate surface area is 175 Å². The fourth-order valence-corrected chi connectivity index (χ4v) is 4.88. The Balaban J connectivity index is 1.89. The van der Waals surface area contributed by atoms with E-state index in [1.807, 2.05) is 19.1 Å². The lowest BCUT2D eigenvalue weighted by atomic mass is 9.84. The highest BCUT2D eigenvalue weighted by Crippen LogP contribution is 2.40. The van der Waals surface area contributed by atoms with E-state index in [1.54, 1.807) is 25.5 Å². The van der Waals surface area contributed by atoms with Crippen LogP contribution in [0.4, 0.5) is 0 Å². The summed E-state index contributed by atoms with van der Waals surface area (Å²) in [6.45, 7) is 1.98. The lowest BCUT2D eigenvalue weighted by Gasteiger charge is -2.39. The molecular formula is C21H20BrN3O2S. The standard InChI is InChI=1S/C21H20BrN3O2S/c1-21(11-18(26)25(2)20(23)24-21)14-8-13-6-7-28-19(13)15(10-14)12-4-5-16(22)17(9-12)27-3/h4-10H,11H2,1-3H3,(H2,23,24)/t21-/m0/s1. The van der Waals surface area contributed by atoms with Crippen LogP contribution in [-0.2, 0) is 10.3 Å². The first-order valence-electron chi connectivity index (χ1n) is 8.81. The summed E-state index contributed by atoms with van der Waals surface area (Å²) in [7, 11) is 3.28. The molecule has 1 amide bonds. The van der Waals surface area contributed by atoms with Gasteiger partial charge in [0.15, 0.2) is 5.96 Å². The van der Waals surface area contributed by atoms with Gasteiger partial charge in [0.05, 0.1) is 23.5 Å². The van der Waals surface area contributed by atoms with E-state index in [-0.39, 0.29) is 11.9 Å². The molecule has 1 atom stereocenters. The zero-order chi connectivity index (χ0) is 20.1. The van der Waals surface area contributed by atoms with E-state index in [0.717, 1.165) is 32.3 Å². The Morgan fingerprint density at radius 2 is 2.07 bits per heavy atom. The lowest BCUT2D eigenvalue weighted by molar-refractivity contribution is -0.129. The first-order valence-corrected chi connectivity index (χ1v) is 10.5. The number of fused-ring (bicyclic) bond motifs is 1. The van der Waals surface area contributed by atoms with Crippen LogP contribution in [0, 0.1) is 5.41 Å². The molecule has 28 heavy (non-hydrogen) atoms. The Hall–Kier alpha value is -2.38. The number of hydrogen-bond donors (Lipinski definition) is 2. The van der Waals surface area contributed by atoms with Gasteiger partial charge in [0.25, 0.3) is 0 Å². The van der Waals surface area contributed by atoms with Gasteiger partial charge < -0.3 is 10.1 Å². The first-order chi connectivity index (χ1) is 13.3. The van der Waals surface area contributed by atoms with Crippen molar-refractivity contribution in [3.63, 3.8) is 0 Å². The maximum absolute atomic E-state index is 12.4. The Morgan fingerprint density at radius 3 is 2.79 bits per heavy atom. The summed E-state index contributed by atoms with van der Waals surface area (Å²) in [6.07, 6.45) is 0.296. The van der Waals surface area contributed by atoms with Gasteiger partial charge in [-0.2, -0.15) is 0 Å².